The minimum atomic E-state index is -1.33. The van der Waals surface area contributed by atoms with E-state index in [1.54, 1.807) is 0 Å². The second-order valence-electron chi connectivity index (χ2n) is 3.05. The smallest absolute Gasteiger partial charge is 0.111 e. The topological polar surface area (TPSA) is 90.2 Å². The zero-order valence-corrected chi connectivity index (χ0v) is 6.79. The zero-order chi connectivity index (χ0) is 9.30. The van der Waals surface area contributed by atoms with E-state index in [-0.39, 0.29) is 6.42 Å². The Balaban J connectivity index is 2.63. The second-order valence-corrected chi connectivity index (χ2v) is 3.05. The summed E-state index contributed by atoms with van der Waals surface area (Å²) in [5.41, 5.74) is 0. The molecule has 5 heteroatoms. The molecule has 0 bridgehead atoms. The zero-order valence-electron chi connectivity index (χ0n) is 6.79. The first-order chi connectivity index (χ1) is 5.57. The van der Waals surface area contributed by atoms with Crippen molar-refractivity contribution in [3.05, 3.63) is 0 Å². The highest BCUT2D eigenvalue weighted by atomic mass is 16.5. The number of ether oxygens (including phenoxy) is 1. The number of aliphatic hydroxyl groups excluding tert-OH is 4. The molecule has 72 valence electrons. The van der Waals surface area contributed by atoms with E-state index >= 15 is 0 Å². The Labute approximate surface area is 70.2 Å². The number of hydrogen-bond donors (Lipinski definition) is 4. The van der Waals surface area contributed by atoms with E-state index in [1.807, 2.05) is 0 Å². The SMILES string of the molecule is CO[C@@H]1C[C@H](O)[C@@H](O)[C@@H](O)[C@H]1O. The molecule has 0 heterocycles. The van der Waals surface area contributed by atoms with Crippen LogP contribution in [0.15, 0.2) is 0 Å². The van der Waals surface area contributed by atoms with Crippen LogP contribution in [0.5, 0.6) is 0 Å². The Morgan fingerprint density at radius 1 is 1.00 bits per heavy atom. The van der Waals surface area contributed by atoms with E-state index in [9.17, 15) is 10.2 Å². The fourth-order valence-corrected chi connectivity index (χ4v) is 1.40. The monoisotopic (exact) mass is 178 g/mol. The summed E-state index contributed by atoms with van der Waals surface area (Å²) in [6.07, 6.45) is -5.26. The Hall–Kier alpha value is -0.200. The van der Waals surface area contributed by atoms with Gasteiger partial charge >= 0.3 is 0 Å². The average Bonchev–Trinajstić information content (AvgIpc) is 2.08. The Morgan fingerprint density at radius 3 is 2.08 bits per heavy atom. The van der Waals surface area contributed by atoms with Gasteiger partial charge in [-0.2, -0.15) is 0 Å². The predicted molar refractivity (Wildman–Crippen MR) is 39.4 cm³/mol. The molecule has 5 atom stereocenters. The molecule has 1 rings (SSSR count). The number of methoxy groups -OCH3 is 1. The summed E-state index contributed by atoms with van der Waals surface area (Å²) in [6.45, 7) is 0. The average molecular weight is 178 g/mol. The molecule has 12 heavy (non-hydrogen) atoms. The van der Waals surface area contributed by atoms with Gasteiger partial charge in [-0.15, -0.1) is 0 Å². The van der Waals surface area contributed by atoms with Crippen molar-refractivity contribution in [1.29, 1.82) is 0 Å². The van der Waals surface area contributed by atoms with Crippen molar-refractivity contribution in [1.82, 2.24) is 0 Å². The van der Waals surface area contributed by atoms with Crippen LogP contribution in [0.1, 0.15) is 6.42 Å². The lowest BCUT2D eigenvalue weighted by atomic mass is 9.87. The summed E-state index contributed by atoms with van der Waals surface area (Å²) >= 11 is 0. The van der Waals surface area contributed by atoms with Crippen LogP contribution >= 0.6 is 0 Å². The fraction of sp³-hybridized carbons (Fsp3) is 1.00. The van der Waals surface area contributed by atoms with Gasteiger partial charge in [0, 0.05) is 13.5 Å². The van der Waals surface area contributed by atoms with Crippen LogP contribution in [0.3, 0.4) is 0 Å². The fourth-order valence-electron chi connectivity index (χ4n) is 1.40. The normalized spacial score (nSPS) is 49.2. The molecule has 0 aromatic rings. The van der Waals surface area contributed by atoms with Crippen LogP contribution in [0.4, 0.5) is 0 Å². The van der Waals surface area contributed by atoms with Gasteiger partial charge in [-0.1, -0.05) is 0 Å². The summed E-state index contributed by atoms with van der Waals surface area (Å²) in [4.78, 5) is 0. The Bertz CT molecular complexity index is 146. The summed E-state index contributed by atoms with van der Waals surface area (Å²) < 4.78 is 4.81. The van der Waals surface area contributed by atoms with Gasteiger partial charge in [-0.3, -0.25) is 0 Å². The first-order valence-electron chi connectivity index (χ1n) is 3.83. The highest BCUT2D eigenvalue weighted by Gasteiger charge is 2.41. The van der Waals surface area contributed by atoms with Crippen LogP contribution in [0.25, 0.3) is 0 Å². The molecule has 1 aliphatic carbocycles. The van der Waals surface area contributed by atoms with Crippen molar-refractivity contribution >= 4 is 0 Å². The van der Waals surface area contributed by atoms with Gasteiger partial charge in [-0.05, 0) is 0 Å². The van der Waals surface area contributed by atoms with Gasteiger partial charge in [-0.25, -0.2) is 0 Å². The van der Waals surface area contributed by atoms with Crippen molar-refractivity contribution < 1.29 is 25.2 Å². The minimum Gasteiger partial charge on any atom is -0.390 e. The van der Waals surface area contributed by atoms with E-state index in [4.69, 9.17) is 14.9 Å². The Kier molecular flexibility index (Phi) is 3.03. The van der Waals surface area contributed by atoms with Crippen molar-refractivity contribution in [3.63, 3.8) is 0 Å². The molecular formula is C7H14O5. The lowest BCUT2D eigenvalue weighted by Gasteiger charge is -2.37. The van der Waals surface area contributed by atoms with Crippen LogP contribution in [0.2, 0.25) is 0 Å². The molecule has 0 aliphatic heterocycles. The van der Waals surface area contributed by atoms with Crippen LogP contribution < -0.4 is 0 Å². The molecule has 0 radical (unpaired) electrons. The molecule has 1 aliphatic rings. The summed E-state index contributed by atoms with van der Waals surface area (Å²) in [7, 11) is 1.38. The van der Waals surface area contributed by atoms with Gasteiger partial charge in [0.15, 0.2) is 0 Å². The molecule has 0 spiro atoms. The predicted octanol–water partition coefficient (Wildman–Crippen LogP) is -2.15. The van der Waals surface area contributed by atoms with Gasteiger partial charge in [0.25, 0.3) is 0 Å². The van der Waals surface area contributed by atoms with Crippen LogP contribution in [-0.2, 0) is 4.74 Å². The first kappa shape index (κ1) is 9.88. The molecule has 0 aromatic heterocycles. The van der Waals surface area contributed by atoms with E-state index in [0.717, 1.165) is 0 Å². The van der Waals surface area contributed by atoms with Crippen molar-refractivity contribution in [2.24, 2.45) is 0 Å². The highest BCUT2D eigenvalue weighted by Crippen LogP contribution is 2.22. The lowest BCUT2D eigenvalue weighted by molar-refractivity contribution is -0.183. The molecule has 1 saturated carbocycles. The summed E-state index contributed by atoms with van der Waals surface area (Å²) in [5, 5.41) is 36.7. The molecule has 0 unspecified atom stereocenters. The second kappa shape index (κ2) is 3.68. The standard InChI is InChI=1S/C7H14O5/c1-12-4-2-3(8)5(9)7(11)6(4)10/h3-11H,2H2,1H3/t3-,4+,5+,6-,7+/m0/s1. The van der Waals surface area contributed by atoms with Crippen molar-refractivity contribution in [2.45, 2.75) is 36.9 Å². The summed E-state index contributed by atoms with van der Waals surface area (Å²) in [5.74, 6) is 0. The third-order valence-electron chi connectivity index (χ3n) is 2.25. The third-order valence-corrected chi connectivity index (χ3v) is 2.25. The number of rotatable bonds is 1. The van der Waals surface area contributed by atoms with E-state index in [2.05, 4.69) is 0 Å². The van der Waals surface area contributed by atoms with Gasteiger partial charge in [0.1, 0.15) is 18.3 Å². The summed E-state index contributed by atoms with van der Waals surface area (Å²) in [6, 6.07) is 0. The number of aliphatic hydroxyl groups is 4. The van der Waals surface area contributed by atoms with Crippen molar-refractivity contribution in [3.8, 4) is 0 Å². The molecule has 0 amide bonds. The molecule has 5 nitrogen and oxygen atoms in total. The maximum Gasteiger partial charge on any atom is 0.111 e. The number of hydrogen-bond acceptors (Lipinski definition) is 5. The first-order valence-corrected chi connectivity index (χ1v) is 3.83. The third kappa shape index (κ3) is 1.60. The molecule has 0 saturated heterocycles. The van der Waals surface area contributed by atoms with Gasteiger partial charge < -0.3 is 25.2 Å². The van der Waals surface area contributed by atoms with Gasteiger partial charge in [0.2, 0.25) is 0 Å². The van der Waals surface area contributed by atoms with E-state index in [0.29, 0.717) is 0 Å². The molecule has 1 fully saturated rings. The quantitative estimate of drug-likeness (QED) is 0.367. The van der Waals surface area contributed by atoms with Gasteiger partial charge in [0.05, 0.1) is 12.2 Å². The molecule has 0 aromatic carbocycles. The molecule has 4 N–H and O–H groups in total. The van der Waals surface area contributed by atoms with Crippen LogP contribution in [-0.4, -0.2) is 58.1 Å². The van der Waals surface area contributed by atoms with E-state index in [1.165, 1.54) is 7.11 Å². The maximum atomic E-state index is 9.28. The minimum absolute atomic E-state index is 0.135. The lowest BCUT2D eigenvalue weighted by Crippen LogP contribution is -2.56. The Morgan fingerprint density at radius 2 is 1.58 bits per heavy atom. The van der Waals surface area contributed by atoms with Crippen LogP contribution in [0, 0.1) is 0 Å². The highest BCUT2D eigenvalue weighted by molar-refractivity contribution is 4.93. The van der Waals surface area contributed by atoms with Crippen molar-refractivity contribution in [2.75, 3.05) is 7.11 Å². The molecular weight excluding hydrogens is 164 g/mol. The maximum absolute atomic E-state index is 9.28. The van der Waals surface area contributed by atoms with E-state index < -0.39 is 30.5 Å². The largest absolute Gasteiger partial charge is 0.390 e.